The van der Waals surface area contributed by atoms with Gasteiger partial charge in [0.25, 0.3) is 5.91 Å². The summed E-state index contributed by atoms with van der Waals surface area (Å²) in [7, 11) is 0. The van der Waals surface area contributed by atoms with E-state index in [0.29, 0.717) is 12.2 Å². The molecule has 23 heavy (non-hydrogen) atoms. The lowest BCUT2D eigenvalue weighted by Gasteiger charge is -2.49. The lowest BCUT2D eigenvalue weighted by atomic mass is 10.0. The highest BCUT2D eigenvalue weighted by Crippen LogP contribution is 2.40. The zero-order valence-electron chi connectivity index (χ0n) is 12.2. The Labute approximate surface area is 137 Å². The number of carboxylic acids is 1. The fourth-order valence-corrected chi connectivity index (χ4v) is 3.79. The fraction of sp³-hybridized carbons (Fsp3) is 0.615. The van der Waals surface area contributed by atoms with Crippen molar-refractivity contribution >= 4 is 29.5 Å². The molecule has 0 spiro atoms. The first kappa shape index (κ1) is 17.7. The minimum absolute atomic E-state index is 0. The van der Waals surface area contributed by atoms with Crippen LogP contribution in [0, 0.1) is 0 Å². The minimum Gasteiger partial charge on any atom is -0.477 e. The molecule has 4 N–H and O–H groups in total. The zero-order chi connectivity index (χ0) is 17.0. The molecule has 0 aromatic carbocycles. The van der Waals surface area contributed by atoms with Gasteiger partial charge in [0, 0.05) is 20.2 Å². The molecular formula is C13H20N2O7S. The smallest absolute Gasteiger partial charge is 0.352 e. The number of carbonyl (C=O) groups excluding carboxylic acids is 2. The third-order valence-electron chi connectivity index (χ3n) is 3.54. The van der Waals surface area contributed by atoms with Crippen LogP contribution in [0.4, 0.5) is 0 Å². The Hall–Kier alpha value is -1.62. The zero-order valence-corrected chi connectivity index (χ0v) is 13.0. The molecule has 2 unspecified atom stereocenters. The van der Waals surface area contributed by atoms with E-state index in [2.05, 4.69) is 5.32 Å². The highest BCUT2D eigenvalue weighted by molar-refractivity contribution is 8.00. The summed E-state index contributed by atoms with van der Waals surface area (Å²) < 4.78 is 4.70. The van der Waals surface area contributed by atoms with Gasteiger partial charge in [-0.25, -0.2) is 4.79 Å². The Kier molecular flexibility index (Phi) is 5.99. The van der Waals surface area contributed by atoms with Crippen molar-refractivity contribution in [3.8, 4) is 0 Å². The van der Waals surface area contributed by atoms with Crippen molar-refractivity contribution in [1.29, 1.82) is 0 Å². The van der Waals surface area contributed by atoms with Crippen LogP contribution < -0.4 is 5.32 Å². The van der Waals surface area contributed by atoms with Gasteiger partial charge in [0.2, 0.25) is 5.91 Å². The molecule has 0 aromatic rings. The van der Waals surface area contributed by atoms with Crippen molar-refractivity contribution in [2.24, 2.45) is 0 Å². The van der Waals surface area contributed by atoms with Crippen molar-refractivity contribution in [2.75, 3.05) is 25.8 Å². The third kappa shape index (κ3) is 3.66. The number of aliphatic carboxylic acids is 1. The van der Waals surface area contributed by atoms with E-state index >= 15 is 0 Å². The average Bonchev–Trinajstić information content (AvgIpc) is 2.54. The Morgan fingerprint density at radius 2 is 2.17 bits per heavy atom. The van der Waals surface area contributed by atoms with Crippen LogP contribution >= 0.6 is 11.8 Å². The number of hydrogen-bond donors (Lipinski definition) is 4. The molecule has 2 amide bonds. The Morgan fingerprint density at radius 1 is 1.43 bits per heavy atom. The molecule has 1 fully saturated rings. The van der Waals surface area contributed by atoms with Crippen LogP contribution in [0.2, 0.25) is 0 Å². The van der Waals surface area contributed by atoms with Crippen LogP contribution in [0.1, 0.15) is 14.3 Å². The van der Waals surface area contributed by atoms with Gasteiger partial charge in [-0.15, -0.1) is 11.8 Å². The van der Waals surface area contributed by atoms with Crippen molar-refractivity contribution in [1.82, 2.24) is 10.2 Å². The number of rotatable bonds is 8. The summed E-state index contributed by atoms with van der Waals surface area (Å²) in [5.74, 6) is -1.80. The number of ether oxygens (including phenoxy) is 1. The van der Waals surface area contributed by atoms with Gasteiger partial charge in [0.1, 0.15) is 23.9 Å². The van der Waals surface area contributed by atoms with E-state index in [1.54, 1.807) is 0 Å². The molecule has 2 aliphatic heterocycles. The largest absolute Gasteiger partial charge is 0.477 e. The number of hydrogen-bond acceptors (Lipinski definition) is 7. The summed E-state index contributed by atoms with van der Waals surface area (Å²) in [6.45, 7) is -0.598. The molecule has 0 aliphatic carbocycles. The standard InChI is InChI=1S/C13H18N2O7S.H2/c16-4-7-5-23-12-9(11(19)15(12)10(7)13(20)21)14-8(18)2-1-3-22-6-17;/h9,12,16-17H,1-6H2,(H,14,18)(H,20,21);1H. The maximum Gasteiger partial charge on any atom is 0.352 e. The Bertz CT molecular complexity index is 542. The first-order chi connectivity index (χ1) is 11.0. The number of aliphatic hydroxyl groups excluding tert-OH is 2. The van der Waals surface area contributed by atoms with Crippen LogP contribution in [0.15, 0.2) is 11.3 Å². The van der Waals surface area contributed by atoms with Crippen molar-refractivity contribution in [3.63, 3.8) is 0 Å². The number of carbonyl (C=O) groups is 3. The Morgan fingerprint density at radius 3 is 2.78 bits per heavy atom. The number of carboxylic acid groups (broad SMARTS) is 1. The summed E-state index contributed by atoms with van der Waals surface area (Å²) in [6, 6.07) is -0.763. The van der Waals surface area contributed by atoms with Gasteiger partial charge in [-0.3, -0.25) is 14.5 Å². The van der Waals surface area contributed by atoms with Gasteiger partial charge in [0.05, 0.1) is 6.61 Å². The van der Waals surface area contributed by atoms with E-state index in [-0.39, 0.29) is 31.6 Å². The fourth-order valence-electron chi connectivity index (χ4n) is 2.45. The SMILES string of the molecule is O=C(CCCOCO)NC1C(=O)N2C(C(=O)O)=C(CO)CSC12.[HH]. The maximum absolute atomic E-state index is 12.1. The van der Waals surface area contributed by atoms with Crippen molar-refractivity contribution in [2.45, 2.75) is 24.3 Å². The molecule has 2 atom stereocenters. The first-order valence-electron chi connectivity index (χ1n) is 7.00. The van der Waals surface area contributed by atoms with Crippen LogP contribution in [0.25, 0.3) is 0 Å². The second-order valence-electron chi connectivity index (χ2n) is 5.01. The van der Waals surface area contributed by atoms with Crippen LogP contribution in [-0.4, -0.2) is 75.2 Å². The van der Waals surface area contributed by atoms with Crippen molar-refractivity contribution in [3.05, 3.63) is 11.3 Å². The number of thioether (sulfide) groups is 1. The summed E-state index contributed by atoms with van der Waals surface area (Å²) in [4.78, 5) is 36.3. The Balaban J connectivity index is 0.00000288. The lowest BCUT2D eigenvalue weighted by molar-refractivity contribution is -0.150. The van der Waals surface area contributed by atoms with E-state index in [0.717, 1.165) is 4.90 Å². The predicted molar refractivity (Wildman–Crippen MR) is 81.2 cm³/mol. The molecule has 0 saturated carbocycles. The van der Waals surface area contributed by atoms with Gasteiger partial charge in [0.15, 0.2) is 0 Å². The van der Waals surface area contributed by atoms with E-state index in [1.807, 2.05) is 0 Å². The maximum atomic E-state index is 12.1. The van der Waals surface area contributed by atoms with E-state index in [4.69, 9.17) is 9.84 Å². The van der Waals surface area contributed by atoms with Gasteiger partial charge in [-0.2, -0.15) is 0 Å². The molecule has 130 valence electrons. The summed E-state index contributed by atoms with van der Waals surface area (Å²) in [5, 5.41) is 29.0. The van der Waals surface area contributed by atoms with Crippen molar-refractivity contribution < 1.29 is 35.9 Å². The van der Waals surface area contributed by atoms with Crippen LogP contribution in [0.5, 0.6) is 0 Å². The number of amides is 2. The second kappa shape index (κ2) is 7.77. The topological polar surface area (TPSA) is 136 Å². The van der Waals surface area contributed by atoms with Gasteiger partial charge < -0.3 is 25.4 Å². The van der Waals surface area contributed by atoms with Gasteiger partial charge >= 0.3 is 5.97 Å². The molecule has 0 aromatic heterocycles. The highest BCUT2D eigenvalue weighted by atomic mass is 32.2. The molecule has 2 aliphatic rings. The quantitative estimate of drug-likeness (QED) is 0.242. The summed E-state index contributed by atoms with van der Waals surface area (Å²) in [5.41, 5.74) is 0.0983. The van der Waals surface area contributed by atoms with Gasteiger partial charge in [-0.05, 0) is 12.0 Å². The number of nitrogens with zero attached hydrogens (tertiary/aromatic N) is 1. The monoisotopic (exact) mass is 348 g/mol. The first-order valence-corrected chi connectivity index (χ1v) is 8.05. The average molecular weight is 348 g/mol. The third-order valence-corrected chi connectivity index (χ3v) is 4.88. The minimum atomic E-state index is -1.27. The molecule has 1 saturated heterocycles. The highest BCUT2D eigenvalue weighted by Gasteiger charge is 2.53. The molecule has 9 nitrogen and oxygen atoms in total. The van der Waals surface area contributed by atoms with E-state index < -0.39 is 36.7 Å². The molecule has 2 rings (SSSR count). The number of β-lactam (4-membered cyclic amide) rings is 1. The van der Waals surface area contributed by atoms with Crippen LogP contribution in [0.3, 0.4) is 0 Å². The molecule has 0 radical (unpaired) electrons. The van der Waals surface area contributed by atoms with Crippen LogP contribution in [-0.2, 0) is 19.1 Å². The number of fused-ring (bicyclic) bond motifs is 1. The number of nitrogens with one attached hydrogen (secondary N) is 1. The second-order valence-corrected chi connectivity index (χ2v) is 6.12. The molecule has 10 heteroatoms. The molecule has 2 heterocycles. The summed E-state index contributed by atoms with van der Waals surface area (Å²) >= 11 is 1.30. The number of aliphatic hydroxyl groups is 2. The molecule has 0 bridgehead atoms. The summed E-state index contributed by atoms with van der Waals surface area (Å²) in [6.07, 6.45) is 0.550. The normalized spacial score (nSPS) is 23.4. The lowest BCUT2D eigenvalue weighted by Crippen LogP contribution is -2.70. The van der Waals surface area contributed by atoms with Gasteiger partial charge in [-0.1, -0.05) is 0 Å². The van der Waals surface area contributed by atoms with E-state index in [1.165, 1.54) is 11.8 Å². The van der Waals surface area contributed by atoms with E-state index in [9.17, 15) is 24.6 Å². The molecular weight excluding hydrogens is 328 g/mol. The predicted octanol–water partition coefficient (Wildman–Crippen LogP) is -1.29.